The first kappa shape index (κ1) is 12.7. The van der Waals surface area contributed by atoms with E-state index >= 15 is 0 Å². The van der Waals surface area contributed by atoms with Gasteiger partial charge in [0.1, 0.15) is 0 Å². The number of fused-ring (bicyclic) bond motifs is 1. The summed E-state index contributed by atoms with van der Waals surface area (Å²) in [6, 6.07) is 6.65. The minimum Gasteiger partial charge on any atom is -0.367 e. The molecule has 0 amide bonds. The van der Waals surface area contributed by atoms with E-state index in [0.29, 0.717) is 12.0 Å². The Hall–Kier alpha value is -0.730. The molecule has 0 aliphatic carbocycles. The van der Waals surface area contributed by atoms with Crippen LogP contribution >= 0.6 is 11.6 Å². The van der Waals surface area contributed by atoms with Gasteiger partial charge in [0.2, 0.25) is 0 Å². The zero-order valence-corrected chi connectivity index (χ0v) is 11.4. The lowest BCUT2D eigenvalue weighted by Crippen LogP contribution is -2.40. The summed E-state index contributed by atoms with van der Waals surface area (Å²) in [4.78, 5) is 2.45. The average molecular weight is 253 g/mol. The van der Waals surface area contributed by atoms with Gasteiger partial charge in [-0.1, -0.05) is 25.4 Å². The van der Waals surface area contributed by atoms with E-state index in [9.17, 15) is 0 Å². The van der Waals surface area contributed by atoms with Crippen LogP contribution in [0, 0.1) is 5.92 Å². The summed E-state index contributed by atoms with van der Waals surface area (Å²) in [6.07, 6.45) is 2.24. The summed E-state index contributed by atoms with van der Waals surface area (Å²) in [5.41, 5.74) is 8.61. The van der Waals surface area contributed by atoms with Gasteiger partial charge in [0, 0.05) is 29.8 Å². The Balaban J connectivity index is 2.20. The highest BCUT2D eigenvalue weighted by Crippen LogP contribution is 2.32. The van der Waals surface area contributed by atoms with Crippen molar-refractivity contribution in [2.45, 2.75) is 32.7 Å². The molecule has 1 aliphatic rings. The van der Waals surface area contributed by atoms with Gasteiger partial charge in [-0.15, -0.1) is 0 Å². The maximum absolute atomic E-state index is 6.03. The van der Waals surface area contributed by atoms with Crippen molar-refractivity contribution in [1.29, 1.82) is 0 Å². The molecule has 0 fully saturated rings. The highest BCUT2D eigenvalue weighted by Gasteiger charge is 2.25. The Labute approximate surface area is 109 Å². The van der Waals surface area contributed by atoms with Crippen molar-refractivity contribution in [1.82, 2.24) is 0 Å². The van der Waals surface area contributed by atoms with Crippen LogP contribution in [0.2, 0.25) is 5.02 Å². The molecule has 1 aliphatic heterocycles. The smallest absolute Gasteiger partial charge is 0.0414 e. The fourth-order valence-corrected chi connectivity index (χ4v) is 2.86. The van der Waals surface area contributed by atoms with Crippen molar-refractivity contribution >= 4 is 17.3 Å². The van der Waals surface area contributed by atoms with Gasteiger partial charge in [-0.05, 0) is 42.5 Å². The van der Waals surface area contributed by atoms with Gasteiger partial charge < -0.3 is 10.6 Å². The molecule has 1 heterocycles. The predicted molar refractivity (Wildman–Crippen MR) is 74.8 cm³/mol. The number of nitrogens with zero attached hydrogens (tertiary/aromatic N) is 1. The van der Waals surface area contributed by atoms with Crippen LogP contribution in [0.15, 0.2) is 18.2 Å². The van der Waals surface area contributed by atoms with E-state index < -0.39 is 0 Å². The van der Waals surface area contributed by atoms with Crippen molar-refractivity contribution < 1.29 is 0 Å². The van der Waals surface area contributed by atoms with E-state index in [1.165, 1.54) is 11.3 Å². The van der Waals surface area contributed by atoms with Crippen LogP contribution < -0.4 is 10.6 Å². The molecule has 0 bridgehead atoms. The first-order chi connectivity index (χ1) is 8.11. The normalized spacial score (nSPS) is 16.4. The number of anilines is 1. The maximum Gasteiger partial charge on any atom is 0.0414 e. The largest absolute Gasteiger partial charge is 0.367 e. The van der Waals surface area contributed by atoms with Crippen LogP contribution in [0.3, 0.4) is 0 Å². The van der Waals surface area contributed by atoms with Crippen LogP contribution in [0.4, 0.5) is 5.69 Å². The second-order valence-electron chi connectivity index (χ2n) is 5.24. The maximum atomic E-state index is 6.03. The molecule has 1 aromatic carbocycles. The van der Waals surface area contributed by atoms with E-state index in [-0.39, 0.29) is 0 Å². The van der Waals surface area contributed by atoms with Crippen molar-refractivity contribution in [2.75, 3.05) is 18.0 Å². The Kier molecular flexibility index (Phi) is 3.95. The monoisotopic (exact) mass is 252 g/mol. The second kappa shape index (κ2) is 5.28. The van der Waals surface area contributed by atoms with Gasteiger partial charge in [-0.3, -0.25) is 0 Å². The quantitative estimate of drug-likeness (QED) is 0.893. The molecule has 0 spiro atoms. The number of benzene rings is 1. The predicted octanol–water partition coefficient (Wildman–Crippen LogP) is 3.08. The summed E-state index contributed by atoms with van der Waals surface area (Å²) < 4.78 is 0. The molecule has 2 nitrogen and oxygen atoms in total. The van der Waals surface area contributed by atoms with E-state index in [2.05, 4.69) is 30.9 Å². The summed E-state index contributed by atoms with van der Waals surface area (Å²) in [5, 5.41) is 0.832. The molecule has 0 radical (unpaired) electrons. The Morgan fingerprint density at radius 2 is 2.18 bits per heavy atom. The number of nitrogens with two attached hydrogens (primary N) is 1. The molecular weight excluding hydrogens is 232 g/mol. The van der Waals surface area contributed by atoms with Gasteiger partial charge >= 0.3 is 0 Å². The topological polar surface area (TPSA) is 29.3 Å². The zero-order valence-electron chi connectivity index (χ0n) is 10.6. The van der Waals surface area contributed by atoms with Crippen LogP contribution in [-0.2, 0) is 6.42 Å². The molecular formula is C14H21ClN2. The van der Waals surface area contributed by atoms with Crippen LogP contribution in [0.1, 0.15) is 25.8 Å². The van der Waals surface area contributed by atoms with E-state index in [1.54, 1.807) is 0 Å². The van der Waals surface area contributed by atoms with Crippen LogP contribution in [-0.4, -0.2) is 19.1 Å². The van der Waals surface area contributed by atoms with Crippen LogP contribution in [0.5, 0.6) is 0 Å². The first-order valence-electron chi connectivity index (χ1n) is 6.37. The summed E-state index contributed by atoms with van der Waals surface area (Å²) in [5.74, 6) is 0.680. The summed E-state index contributed by atoms with van der Waals surface area (Å²) in [7, 11) is 0. The summed E-state index contributed by atoms with van der Waals surface area (Å²) >= 11 is 6.03. The molecule has 2 rings (SSSR count). The first-order valence-corrected chi connectivity index (χ1v) is 6.74. The fourth-order valence-electron chi connectivity index (χ4n) is 2.67. The Bertz CT molecular complexity index is 390. The molecule has 0 saturated carbocycles. The third-order valence-electron chi connectivity index (χ3n) is 3.43. The number of rotatable bonds is 4. The minimum atomic E-state index is 0.456. The standard InChI is InChI=1S/C14H21ClN2/c1-10(2)7-13(9-16)17-6-5-11-8-12(15)3-4-14(11)17/h3-4,8,10,13H,5-7,9,16H2,1-2H3/t13-/m0/s1. The lowest BCUT2D eigenvalue weighted by Gasteiger charge is -2.30. The minimum absolute atomic E-state index is 0.456. The number of halogens is 1. The second-order valence-corrected chi connectivity index (χ2v) is 5.67. The molecule has 0 saturated heterocycles. The van der Waals surface area contributed by atoms with Crippen molar-refractivity contribution in [3.63, 3.8) is 0 Å². The van der Waals surface area contributed by atoms with Crippen LogP contribution in [0.25, 0.3) is 0 Å². The van der Waals surface area contributed by atoms with Crippen molar-refractivity contribution in [3.05, 3.63) is 28.8 Å². The molecule has 2 N–H and O–H groups in total. The lowest BCUT2D eigenvalue weighted by molar-refractivity contribution is 0.476. The number of hydrogen-bond acceptors (Lipinski definition) is 2. The molecule has 17 heavy (non-hydrogen) atoms. The summed E-state index contributed by atoms with van der Waals surface area (Å²) in [6.45, 7) is 6.30. The van der Waals surface area contributed by atoms with Gasteiger partial charge in [0.05, 0.1) is 0 Å². The van der Waals surface area contributed by atoms with E-state index in [1.807, 2.05) is 6.07 Å². The lowest BCUT2D eigenvalue weighted by atomic mass is 10.0. The average Bonchev–Trinajstić information content (AvgIpc) is 2.68. The molecule has 0 unspecified atom stereocenters. The number of hydrogen-bond donors (Lipinski definition) is 1. The molecule has 1 atom stereocenters. The Morgan fingerprint density at radius 1 is 1.41 bits per heavy atom. The highest BCUT2D eigenvalue weighted by molar-refractivity contribution is 6.30. The van der Waals surface area contributed by atoms with Gasteiger partial charge in [-0.2, -0.15) is 0 Å². The third-order valence-corrected chi connectivity index (χ3v) is 3.66. The molecule has 94 valence electrons. The van der Waals surface area contributed by atoms with E-state index in [4.69, 9.17) is 17.3 Å². The van der Waals surface area contributed by atoms with Gasteiger partial charge in [0.15, 0.2) is 0 Å². The molecule has 0 aromatic heterocycles. The zero-order chi connectivity index (χ0) is 12.4. The van der Waals surface area contributed by atoms with Gasteiger partial charge in [0.25, 0.3) is 0 Å². The fraction of sp³-hybridized carbons (Fsp3) is 0.571. The van der Waals surface area contributed by atoms with Gasteiger partial charge in [-0.25, -0.2) is 0 Å². The molecule has 3 heteroatoms. The third kappa shape index (κ3) is 2.75. The van der Waals surface area contributed by atoms with Crippen molar-refractivity contribution in [2.24, 2.45) is 11.7 Å². The highest BCUT2D eigenvalue weighted by atomic mass is 35.5. The van der Waals surface area contributed by atoms with Crippen molar-refractivity contribution in [3.8, 4) is 0 Å². The SMILES string of the molecule is CC(C)C[C@@H](CN)N1CCc2cc(Cl)ccc21. The Morgan fingerprint density at radius 3 is 2.82 bits per heavy atom. The molecule has 1 aromatic rings. The van der Waals surface area contributed by atoms with E-state index in [0.717, 1.165) is 31.0 Å².